The van der Waals surface area contributed by atoms with Crippen LogP contribution in [0, 0.1) is 0 Å². The second-order valence-corrected chi connectivity index (χ2v) is 3.83. The molecule has 1 aromatic heterocycles. The SMILES string of the molecule is NC(N)=NCCC[C@H](N=C/C=C/c1ncco1)C(=O)O. The second-order valence-electron chi connectivity index (χ2n) is 3.83. The van der Waals surface area contributed by atoms with E-state index in [4.69, 9.17) is 21.0 Å². The highest BCUT2D eigenvalue weighted by Crippen LogP contribution is 2.03. The number of hydrogen-bond donors (Lipinski definition) is 3. The van der Waals surface area contributed by atoms with Crippen molar-refractivity contribution in [2.75, 3.05) is 6.54 Å². The van der Waals surface area contributed by atoms with Crippen LogP contribution in [0.25, 0.3) is 6.08 Å². The van der Waals surface area contributed by atoms with Crippen molar-refractivity contribution in [2.45, 2.75) is 18.9 Å². The fraction of sp³-hybridized carbons (Fsp3) is 0.333. The maximum atomic E-state index is 11.0. The zero-order valence-corrected chi connectivity index (χ0v) is 10.8. The zero-order chi connectivity index (χ0) is 14.8. The number of nitrogens with two attached hydrogens (primary N) is 2. The predicted molar refractivity (Wildman–Crippen MR) is 75.4 cm³/mol. The van der Waals surface area contributed by atoms with Gasteiger partial charge >= 0.3 is 5.97 Å². The Balaban J connectivity index is 2.42. The molecule has 1 rings (SSSR count). The van der Waals surface area contributed by atoms with Gasteiger partial charge in [0.2, 0.25) is 5.89 Å². The number of oxazole rings is 1. The van der Waals surface area contributed by atoms with Crippen molar-refractivity contribution in [2.24, 2.45) is 21.5 Å². The number of guanidine groups is 1. The molecule has 0 saturated carbocycles. The van der Waals surface area contributed by atoms with Gasteiger partial charge in [-0.15, -0.1) is 0 Å². The summed E-state index contributed by atoms with van der Waals surface area (Å²) in [5, 5.41) is 9.01. The Morgan fingerprint density at radius 1 is 1.55 bits per heavy atom. The number of carbonyl (C=O) groups is 1. The standard InChI is InChI=1S/C12H17N5O3/c13-12(14)17-6-1-3-9(11(18)19)15-5-2-4-10-16-7-8-20-10/h2,4-5,7-9H,1,3,6H2,(H,18,19)(H4,13,14,17)/b4-2+,15-5?/t9-/m0/s1. The van der Waals surface area contributed by atoms with Gasteiger partial charge in [0.1, 0.15) is 12.3 Å². The normalized spacial score (nSPS) is 12.8. The molecule has 0 aliphatic rings. The third kappa shape index (κ3) is 6.34. The molecule has 1 atom stereocenters. The van der Waals surface area contributed by atoms with Crippen LogP contribution < -0.4 is 11.5 Å². The molecule has 5 N–H and O–H groups in total. The lowest BCUT2D eigenvalue weighted by Gasteiger charge is -2.05. The molecule has 0 aliphatic heterocycles. The summed E-state index contributed by atoms with van der Waals surface area (Å²) in [5.41, 5.74) is 10.3. The molecule has 0 bridgehead atoms. The monoisotopic (exact) mass is 279 g/mol. The highest BCUT2D eigenvalue weighted by Gasteiger charge is 2.13. The van der Waals surface area contributed by atoms with E-state index in [0.717, 1.165) is 0 Å². The van der Waals surface area contributed by atoms with E-state index in [2.05, 4.69) is 15.0 Å². The Hall–Kier alpha value is -2.64. The number of nitrogens with zero attached hydrogens (tertiary/aromatic N) is 3. The molecule has 20 heavy (non-hydrogen) atoms. The van der Waals surface area contributed by atoms with Crippen molar-refractivity contribution < 1.29 is 14.3 Å². The quantitative estimate of drug-likeness (QED) is 0.354. The minimum absolute atomic E-state index is 0.00532. The molecular weight excluding hydrogens is 262 g/mol. The van der Waals surface area contributed by atoms with Crippen LogP contribution in [0.1, 0.15) is 18.7 Å². The van der Waals surface area contributed by atoms with Crippen LogP contribution in [0.5, 0.6) is 0 Å². The van der Waals surface area contributed by atoms with E-state index in [0.29, 0.717) is 25.3 Å². The number of aromatic nitrogens is 1. The average molecular weight is 279 g/mol. The largest absolute Gasteiger partial charge is 0.480 e. The Morgan fingerprint density at radius 3 is 2.95 bits per heavy atom. The molecule has 1 heterocycles. The number of carboxylic acid groups (broad SMARTS) is 1. The smallest absolute Gasteiger partial charge is 0.328 e. The van der Waals surface area contributed by atoms with Gasteiger partial charge in [0, 0.05) is 18.8 Å². The number of rotatable bonds is 8. The van der Waals surface area contributed by atoms with E-state index in [9.17, 15) is 4.79 Å². The highest BCUT2D eigenvalue weighted by molar-refractivity contribution is 5.81. The van der Waals surface area contributed by atoms with Gasteiger partial charge < -0.3 is 21.0 Å². The molecule has 0 unspecified atom stereocenters. The Morgan fingerprint density at radius 2 is 2.35 bits per heavy atom. The molecule has 0 aromatic carbocycles. The fourth-order valence-electron chi connectivity index (χ4n) is 1.35. The molecule has 0 radical (unpaired) electrons. The van der Waals surface area contributed by atoms with Crippen molar-refractivity contribution >= 4 is 24.2 Å². The number of carboxylic acids is 1. The van der Waals surface area contributed by atoms with Crippen molar-refractivity contribution in [3.63, 3.8) is 0 Å². The Labute approximate surface area is 115 Å². The fourth-order valence-corrected chi connectivity index (χ4v) is 1.35. The third-order valence-electron chi connectivity index (χ3n) is 2.26. The summed E-state index contributed by atoms with van der Waals surface area (Å²) in [5.74, 6) is -0.569. The van der Waals surface area contributed by atoms with Gasteiger partial charge in [-0.05, 0) is 18.9 Å². The van der Waals surface area contributed by atoms with Gasteiger partial charge in [0.15, 0.2) is 5.96 Å². The summed E-state index contributed by atoms with van der Waals surface area (Å²) >= 11 is 0. The molecule has 8 heteroatoms. The molecule has 1 aromatic rings. The van der Waals surface area contributed by atoms with Crippen molar-refractivity contribution in [1.29, 1.82) is 0 Å². The molecule has 0 spiro atoms. The number of allylic oxidation sites excluding steroid dienone is 1. The first kappa shape index (κ1) is 15.4. The van der Waals surface area contributed by atoms with Crippen LogP contribution in [-0.2, 0) is 4.79 Å². The van der Waals surface area contributed by atoms with Crippen LogP contribution in [0.15, 0.2) is 32.9 Å². The van der Waals surface area contributed by atoms with Crippen LogP contribution in [0.3, 0.4) is 0 Å². The van der Waals surface area contributed by atoms with Gasteiger partial charge in [-0.2, -0.15) is 0 Å². The topological polar surface area (TPSA) is 140 Å². The van der Waals surface area contributed by atoms with Crippen molar-refractivity contribution in [3.05, 3.63) is 24.4 Å². The Bertz CT molecular complexity index is 489. The first-order chi connectivity index (χ1) is 9.59. The van der Waals surface area contributed by atoms with E-state index in [1.807, 2.05) is 0 Å². The second kappa shape index (κ2) is 8.46. The van der Waals surface area contributed by atoms with Crippen molar-refractivity contribution in [3.8, 4) is 0 Å². The summed E-state index contributed by atoms with van der Waals surface area (Å²) in [6, 6.07) is -0.821. The maximum absolute atomic E-state index is 11.0. The Kier molecular flexibility index (Phi) is 6.52. The number of aliphatic imine (C=N–C) groups is 2. The minimum atomic E-state index is -0.990. The molecule has 108 valence electrons. The molecule has 0 aliphatic carbocycles. The predicted octanol–water partition coefficient (Wildman–Crippen LogP) is 0.265. The average Bonchev–Trinajstić information content (AvgIpc) is 2.89. The molecule has 0 fully saturated rings. The van der Waals surface area contributed by atoms with Crippen LogP contribution >= 0.6 is 0 Å². The van der Waals surface area contributed by atoms with Crippen LogP contribution in [0.4, 0.5) is 0 Å². The van der Waals surface area contributed by atoms with Crippen LogP contribution in [0.2, 0.25) is 0 Å². The summed E-state index contributed by atoms with van der Waals surface area (Å²) in [6.07, 6.45) is 8.41. The molecule has 0 saturated heterocycles. The van der Waals surface area contributed by atoms with Crippen molar-refractivity contribution in [1.82, 2.24) is 4.98 Å². The first-order valence-electron chi connectivity index (χ1n) is 5.97. The molecular formula is C12H17N5O3. The van der Waals surface area contributed by atoms with Gasteiger partial charge in [-0.3, -0.25) is 9.98 Å². The van der Waals surface area contributed by atoms with E-state index in [-0.39, 0.29) is 5.96 Å². The minimum Gasteiger partial charge on any atom is -0.480 e. The summed E-state index contributed by atoms with van der Waals surface area (Å²) in [7, 11) is 0. The van der Waals surface area contributed by atoms with E-state index in [1.165, 1.54) is 18.7 Å². The third-order valence-corrected chi connectivity index (χ3v) is 2.26. The number of aliphatic carboxylic acids is 1. The van der Waals surface area contributed by atoms with E-state index in [1.54, 1.807) is 12.2 Å². The summed E-state index contributed by atoms with van der Waals surface area (Å²) in [4.78, 5) is 22.6. The van der Waals surface area contributed by atoms with E-state index >= 15 is 0 Å². The summed E-state index contributed by atoms with van der Waals surface area (Å²) in [6.45, 7) is 0.383. The highest BCUT2D eigenvalue weighted by atomic mass is 16.4. The number of hydrogen-bond acceptors (Lipinski definition) is 5. The maximum Gasteiger partial charge on any atom is 0.328 e. The van der Waals surface area contributed by atoms with Gasteiger partial charge in [-0.1, -0.05) is 0 Å². The lowest BCUT2D eigenvalue weighted by Crippen LogP contribution is -2.23. The van der Waals surface area contributed by atoms with Gasteiger partial charge in [0.25, 0.3) is 0 Å². The van der Waals surface area contributed by atoms with Crippen LogP contribution in [-0.4, -0.2) is 40.8 Å². The van der Waals surface area contributed by atoms with E-state index < -0.39 is 12.0 Å². The zero-order valence-electron chi connectivity index (χ0n) is 10.8. The lowest BCUT2D eigenvalue weighted by molar-refractivity contribution is -0.138. The lowest BCUT2D eigenvalue weighted by atomic mass is 10.1. The summed E-state index contributed by atoms with van der Waals surface area (Å²) < 4.78 is 4.98. The first-order valence-corrected chi connectivity index (χ1v) is 5.97. The molecule has 0 amide bonds. The van der Waals surface area contributed by atoms with Gasteiger partial charge in [-0.25, -0.2) is 9.78 Å². The molecule has 8 nitrogen and oxygen atoms in total. The van der Waals surface area contributed by atoms with Gasteiger partial charge in [0.05, 0.1) is 6.20 Å².